The van der Waals surface area contributed by atoms with E-state index in [1.807, 2.05) is 29.5 Å². The summed E-state index contributed by atoms with van der Waals surface area (Å²) >= 11 is 1.83. The van der Waals surface area contributed by atoms with Gasteiger partial charge in [-0.15, -0.1) is 11.3 Å². The quantitative estimate of drug-likeness (QED) is 0.181. The summed E-state index contributed by atoms with van der Waals surface area (Å²) in [6.45, 7) is 14.9. The van der Waals surface area contributed by atoms with Crippen LogP contribution in [0, 0.1) is 31.1 Å². The van der Waals surface area contributed by atoms with Crippen LogP contribution >= 0.6 is 11.3 Å². The number of hydrogen-bond acceptors (Lipinski definition) is 8. The summed E-state index contributed by atoms with van der Waals surface area (Å²) in [5.41, 5.74) is 10.6. The highest BCUT2D eigenvalue weighted by atomic mass is 32.1. The number of likely N-dealkylation sites (tertiary alicyclic amines) is 1. The van der Waals surface area contributed by atoms with Crippen molar-refractivity contribution in [1.29, 1.82) is 5.26 Å². The first kappa shape index (κ1) is 30.5. The predicted octanol–water partition coefficient (Wildman–Crippen LogP) is 7.95. The lowest BCUT2D eigenvalue weighted by Gasteiger charge is -2.29. The van der Waals surface area contributed by atoms with Crippen molar-refractivity contribution in [2.45, 2.75) is 66.6 Å². The molecule has 46 heavy (non-hydrogen) atoms. The van der Waals surface area contributed by atoms with Gasteiger partial charge < -0.3 is 4.42 Å². The molecule has 5 aromatic rings. The molecule has 8 heteroatoms. The minimum absolute atomic E-state index is 0.0972. The number of aromatic nitrogens is 2. The molecule has 2 aliphatic rings. The maximum absolute atomic E-state index is 11.9. The van der Waals surface area contributed by atoms with E-state index in [0.29, 0.717) is 35.1 Å². The molecule has 1 fully saturated rings. The van der Waals surface area contributed by atoms with E-state index in [0.717, 1.165) is 66.3 Å². The number of thiazole rings is 1. The number of nitrogens with zero attached hydrogens (tertiary/aromatic N) is 5. The Morgan fingerprint density at radius 3 is 2.46 bits per heavy atom. The highest BCUT2D eigenvalue weighted by molar-refractivity contribution is 7.15. The summed E-state index contributed by atoms with van der Waals surface area (Å²) < 4.78 is 6.31. The van der Waals surface area contributed by atoms with Gasteiger partial charge in [-0.2, -0.15) is 5.26 Å². The lowest BCUT2D eigenvalue weighted by atomic mass is 9.91. The minimum Gasteiger partial charge on any atom is -0.435 e. The van der Waals surface area contributed by atoms with Gasteiger partial charge in [-0.1, -0.05) is 30.3 Å². The molecule has 4 heterocycles. The summed E-state index contributed by atoms with van der Waals surface area (Å²) in [4.78, 5) is 28.1. The number of hydrogen-bond donors (Lipinski definition) is 0. The highest BCUT2D eigenvalue weighted by Gasteiger charge is 2.27. The summed E-state index contributed by atoms with van der Waals surface area (Å²) in [6, 6.07) is 19.5. The number of carbonyl (C=O) groups is 1. The molecule has 0 spiro atoms. The third-order valence-electron chi connectivity index (χ3n) is 9.83. The molecule has 0 radical (unpaired) electrons. The molecule has 1 saturated heterocycles. The predicted molar refractivity (Wildman–Crippen MR) is 183 cm³/mol. The molecule has 0 amide bonds. The van der Waals surface area contributed by atoms with Crippen molar-refractivity contribution in [2.24, 2.45) is 5.92 Å². The van der Waals surface area contributed by atoms with Crippen molar-refractivity contribution in [3.8, 4) is 39.2 Å². The summed E-state index contributed by atoms with van der Waals surface area (Å²) in [6.07, 6.45) is 1.89. The van der Waals surface area contributed by atoms with Gasteiger partial charge in [0.25, 0.3) is 0 Å². The highest BCUT2D eigenvalue weighted by Crippen LogP contribution is 2.40. The average Bonchev–Trinajstić information content (AvgIpc) is 3.79. The molecule has 0 N–H and O–H groups in total. The number of benzene rings is 3. The number of ketones is 1. The van der Waals surface area contributed by atoms with E-state index in [4.69, 9.17) is 14.4 Å². The minimum atomic E-state index is 0.0972. The molecule has 0 bridgehead atoms. The van der Waals surface area contributed by atoms with Crippen LogP contribution in [0.15, 0.2) is 52.9 Å². The van der Waals surface area contributed by atoms with Crippen molar-refractivity contribution < 1.29 is 9.21 Å². The Balaban J connectivity index is 1.21. The van der Waals surface area contributed by atoms with Gasteiger partial charge in [0.1, 0.15) is 22.4 Å². The largest absolute Gasteiger partial charge is 0.435 e. The summed E-state index contributed by atoms with van der Waals surface area (Å²) in [5, 5.41) is 11.1. The Morgan fingerprint density at radius 2 is 1.76 bits per heavy atom. The number of nitriles is 1. The molecule has 234 valence electrons. The van der Waals surface area contributed by atoms with Crippen molar-refractivity contribution >= 4 is 28.2 Å². The monoisotopic (exact) mass is 629 g/mol. The van der Waals surface area contributed by atoms with Crippen LogP contribution in [0.2, 0.25) is 0 Å². The van der Waals surface area contributed by atoms with Crippen molar-refractivity contribution in [1.82, 2.24) is 19.8 Å². The van der Waals surface area contributed by atoms with E-state index >= 15 is 0 Å². The Kier molecular flexibility index (Phi) is 8.10. The van der Waals surface area contributed by atoms with E-state index in [1.165, 1.54) is 27.3 Å². The van der Waals surface area contributed by atoms with Crippen molar-refractivity contribution in [3.05, 3.63) is 81.4 Å². The van der Waals surface area contributed by atoms with Crippen LogP contribution < -0.4 is 0 Å². The second-order valence-corrected chi connectivity index (χ2v) is 14.2. The Morgan fingerprint density at radius 1 is 1.04 bits per heavy atom. The zero-order valence-electron chi connectivity index (χ0n) is 27.2. The van der Waals surface area contributed by atoms with E-state index in [-0.39, 0.29) is 11.7 Å². The van der Waals surface area contributed by atoms with Crippen molar-refractivity contribution in [2.75, 3.05) is 19.6 Å². The Labute approximate surface area is 274 Å². The van der Waals surface area contributed by atoms with Crippen LogP contribution in [0.25, 0.3) is 44.3 Å². The number of carbonyl (C=O) groups excluding carboxylic acids is 1. The van der Waals surface area contributed by atoms with Crippen LogP contribution in [-0.2, 0) is 24.3 Å². The topological polar surface area (TPSA) is 86.3 Å². The van der Waals surface area contributed by atoms with Gasteiger partial charge in [0.2, 0.25) is 5.89 Å². The first-order valence-corrected chi connectivity index (χ1v) is 17.0. The number of oxazole rings is 1. The number of Topliss-reactive ketones (excluding diaryl/α,β-unsaturated/α-hetero) is 1. The maximum atomic E-state index is 11.9. The fourth-order valence-electron chi connectivity index (χ4n) is 7.04. The number of fused-ring (bicyclic) bond motifs is 2. The second-order valence-electron chi connectivity index (χ2n) is 13.1. The van der Waals surface area contributed by atoms with Crippen LogP contribution in [0.3, 0.4) is 0 Å². The third kappa shape index (κ3) is 5.57. The second kappa shape index (κ2) is 12.2. The van der Waals surface area contributed by atoms with Gasteiger partial charge in [-0.25, -0.2) is 9.97 Å². The Bertz CT molecular complexity index is 2020. The molecule has 7 nitrogen and oxygen atoms in total. The van der Waals surface area contributed by atoms with Gasteiger partial charge in [-0.3, -0.25) is 14.6 Å². The molecule has 2 aromatic heterocycles. The zero-order valence-corrected chi connectivity index (χ0v) is 28.0. The van der Waals surface area contributed by atoms with Crippen LogP contribution in [-0.4, -0.2) is 51.2 Å². The maximum Gasteiger partial charge on any atom is 0.227 e. The third-order valence-corrected chi connectivity index (χ3v) is 10.9. The molecule has 0 aliphatic carbocycles. The molecule has 0 unspecified atom stereocenters. The van der Waals surface area contributed by atoms with E-state index in [2.05, 4.69) is 73.9 Å². The van der Waals surface area contributed by atoms with E-state index < -0.39 is 0 Å². The van der Waals surface area contributed by atoms with Gasteiger partial charge in [0, 0.05) is 60.6 Å². The van der Waals surface area contributed by atoms with Crippen LogP contribution in [0.4, 0.5) is 0 Å². The summed E-state index contributed by atoms with van der Waals surface area (Å²) in [7, 11) is 0. The first-order chi connectivity index (χ1) is 22.2. The average molecular weight is 630 g/mol. The van der Waals surface area contributed by atoms with E-state index in [1.54, 1.807) is 6.92 Å². The van der Waals surface area contributed by atoms with Gasteiger partial charge in [0.15, 0.2) is 5.58 Å². The molecule has 0 saturated carbocycles. The molecule has 2 aliphatic heterocycles. The normalized spacial score (nSPS) is 17.1. The first-order valence-electron chi connectivity index (χ1n) is 16.2. The van der Waals surface area contributed by atoms with Gasteiger partial charge in [-0.05, 0) is 93.6 Å². The molecular formula is C38H39N5O2S. The fourth-order valence-corrected chi connectivity index (χ4v) is 8.25. The smallest absolute Gasteiger partial charge is 0.227 e. The van der Waals surface area contributed by atoms with Gasteiger partial charge >= 0.3 is 0 Å². The van der Waals surface area contributed by atoms with Crippen LogP contribution in [0.1, 0.15) is 60.0 Å². The zero-order chi connectivity index (χ0) is 32.1. The molecule has 7 rings (SSSR count). The fraction of sp³-hybridized carbons (Fsp3) is 0.368. The molecular weight excluding hydrogens is 591 g/mol. The number of rotatable bonds is 7. The lowest BCUT2D eigenvalue weighted by Crippen LogP contribution is -2.35. The lowest BCUT2D eigenvalue weighted by molar-refractivity contribution is -0.120. The molecule has 3 aromatic carbocycles. The Hall–Kier alpha value is -4.16. The van der Waals surface area contributed by atoms with Crippen molar-refractivity contribution in [3.63, 3.8) is 0 Å². The standard InChI is InChI=1S/C38H39N5O2S/c1-22(2)43-15-13-33-35(21-43)46-38(41-33)32-11-7-9-30(24(32)4)29-8-6-10-31(23(29)3)37-40-34-17-26(16-28(18-39)36(34)45-37)19-42-14-12-27(20-42)25(5)44/h6-11,16-17,22,27H,12-15,19-21H2,1-5H3/t27-/m1/s1. The van der Waals surface area contributed by atoms with E-state index in [9.17, 15) is 10.1 Å². The van der Waals surface area contributed by atoms with Gasteiger partial charge in [0.05, 0.1) is 11.3 Å². The SMILES string of the molecule is CC(=O)[C@@H]1CCN(Cc2cc(C#N)c3oc(-c4cccc(-c5cccc(-c6nc7c(s6)CN(C(C)C)CC7)c5C)c4C)nc3c2)C1. The molecule has 1 atom stereocenters. The summed E-state index contributed by atoms with van der Waals surface area (Å²) in [5.74, 6) is 0.855. The van der Waals surface area contributed by atoms with Crippen LogP contribution in [0.5, 0.6) is 0 Å².